The summed E-state index contributed by atoms with van der Waals surface area (Å²) in [5.41, 5.74) is 2.90. The van der Waals surface area contributed by atoms with Crippen LogP contribution in [-0.2, 0) is 11.3 Å². The number of nitrogens with zero attached hydrogens (tertiary/aromatic N) is 1. The summed E-state index contributed by atoms with van der Waals surface area (Å²) in [4.78, 5) is 23.0. The van der Waals surface area contributed by atoms with Gasteiger partial charge in [0.1, 0.15) is 0 Å². The summed E-state index contributed by atoms with van der Waals surface area (Å²) in [5.74, 6) is -0.404. The van der Waals surface area contributed by atoms with Gasteiger partial charge < -0.3 is 9.30 Å². The minimum atomic E-state index is -0.404. The quantitative estimate of drug-likeness (QED) is 0.538. The van der Waals surface area contributed by atoms with E-state index in [4.69, 9.17) is 16.3 Å². The largest absolute Gasteiger partial charge is 0.465 e. The molecule has 0 aliphatic rings. The Balaban J connectivity index is 2.09. The van der Waals surface area contributed by atoms with Crippen LogP contribution >= 0.6 is 11.6 Å². The predicted molar refractivity (Wildman–Crippen MR) is 89.2 cm³/mol. The molecule has 5 heteroatoms. The van der Waals surface area contributed by atoms with Crippen molar-refractivity contribution in [2.45, 2.75) is 6.54 Å². The van der Waals surface area contributed by atoms with Gasteiger partial charge in [-0.2, -0.15) is 0 Å². The Kier molecular flexibility index (Phi) is 4.17. The number of esters is 1. The van der Waals surface area contributed by atoms with E-state index in [2.05, 4.69) is 0 Å². The second kappa shape index (κ2) is 6.26. The summed E-state index contributed by atoms with van der Waals surface area (Å²) in [6, 6.07) is 12.7. The Labute approximate surface area is 138 Å². The molecular weight excluding hydrogens is 314 g/mol. The zero-order valence-corrected chi connectivity index (χ0v) is 13.2. The van der Waals surface area contributed by atoms with Crippen molar-refractivity contribution in [1.82, 2.24) is 4.57 Å². The van der Waals surface area contributed by atoms with Crippen LogP contribution in [0.25, 0.3) is 10.9 Å². The van der Waals surface area contributed by atoms with E-state index < -0.39 is 5.97 Å². The molecule has 116 valence electrons. The van der Waals surface area contributed by atoms with Gasteiger partial charge in [-0.05, 0) is 29.8 Å². The molecule has 0 spiro atoms. The first-order valence-electron chi connectivity index (χ1n) is 7.03. The predicted octanol–water partition coefficient (Wildman–Crippen LogP) is 3.94. The lowest BCUT2D eigenvalue weighted by atomic mass is 10.1. The fraction of sp³-hybridized carbons (Fsp3) is 0.111. The third-order valence-electron chi connectivity index (χ3n) is 3.73. The number of hydrogen-bond acceptors (Lipinski definition) is 3. The van der Waals surface area contributed by atoms with E-state index >= 15 is 0 Å². The van der Waals surface area contributed by atoms with E-state index in [1.54, 1.807) is 24.4 Å². The molecule has 23 heavy (non-hydrogen) atoms. The smallest absolute Gasteiger partial charge is 0.337 e. The summed E-state index contributed by atoms with van der Waals surface area (Å²) in [7, 11) is 1.34. The maximum absolute atomic E-state index is 11.7. The molecule has 0 saturated heterocycles. The number of aldehydes is 1. The van der Waals surface area contributed by atoms with E-state index in [-0.39, 0.29) is 0 Å². The Morgan fingerprint density at radius 2 is 1.96 bits per heavy atom. The molecular formula is C18H14ClNO3. The van der Waals surface area contributed by atoms with Crippen molar-refractivity contribution >= 4 is 34.8 Å². The molecule has 0 unspecified atom stereocenters. The fourth-order valence-electron chi connectivity index (χ4n) is 2.58. The van der Waals surface area contributed by atoms with Gasteiger partial charge in [0.25, 0.3) is 0 Å². The molecule has 0 fully saturated rings. The van der Waals surface area contributed by atoms with Crippen LogP contribution < -0.4 is 0 Å². The van der Waals surface area contributed by atoms with Crippen LogP contribution in [-0.4, -0.2) is 23.9 Å². The van der Waals surface area contributed by atoms with Crippen LogP contribution in [0.3, 0.4) is 0 Å². The van der Waals surface area contributed by atoms with Crippen LogP contribution in [0.4, 0.5) is 0 Å². The molecule has 0 saturated carbocycles. The first-order valence-corrected chi connectivity index (χ1v) is 7.41. The lowest BCUT2D eigenvalue weighted by Gasteiger charge is -2.07. The van der Waals surface area contributed by atoms with Gasteiger partial charge >= 0.3 is 5.97 Å². The Hall–Kier alpha value is -2.59. The second-order valence-electron chi connectivity index (χ2n) is 5.18. The van der Waals surface area contributed by atoms with Crippen LogP contribution in [0.1, 0.15) is 26.3 Å². The summed E-state index contributed by atoms with van der Waals surface area (Å²) in [6.07, 6.45) is 2.60. The SMILES string of the molecule is COC(=O)c1ccc2c(C=O)cn(Cc3ccc(Cl)cc3)c2c1. The zero-order chi connectivity index (χ0) is 16.4. The molecule has 2 aromatic carbocycles. The summed E-state index contributed by atoms with van der Waals surface area (Å²) in [6.45, 7) is 0.576. The van der Waals surface area contributed by atoms with Crippen LogP contribution in [0, 0.1) is 0 Å². The molecule has 1 aromatic heterocycles. The highest BCUT2D eigenvalue weighted by molar-refractivity contribution is 6.30. The van der Waals surface area contributed by atoms with E-state index in [1.165, 1.54) is 7.11 Å². The molecule has 0 aliphatic heterocycles. The molecule has 4 nitrogen and oxygen atoms in total. The molecule has 3 rings (SSSR count). The van der Waals surface area contributed by atoms with Crippen molar-refractivity contribution < 1.29 is 14.3 Å². The molecule has 0 amide bonds. The number of halogens is 1. The standard InChI is InChI=1S/C18H14ClNO3/c1-23-18(22)13-4-7-16-14(11-21)10-20(17(16)8-13)9-12-2-5-15(19)6-3-12/h2-8,10-11H,9H2,1H3. The first kappa shape index (κ1) is 15.3. The van der Waals surface area contributed by atoms with Gasteiger partial charge in [-0.15, -0.1) is 0 Å². The minimum Gasteiger partial charge on any atom is -0.465 e. The maximum Gasteiger partial charge on any atom is 0.337 e. The van der Waals surface area contributed by atoms with Crippen molar-refractivity contribution in [1.29, 1.82) is 0 Å². The van der Waals surface area contributed by atoms with Gasteiger partial charge in [0.05, 0.1) is 12.7 Å². The second-order valence-corrected chi connectivity index (χ2v) is 5.62. The van der Waals surface area contributed by atoms with Gasteiger partial charge in [0, 0.05) is 34.2 Å². The molecule has 0 atom stereocenters. The van der Waals surface area contributed by atoms with Crippen molar-refractivity contribution in [2.24, 2.45) is 0 Å². The molecule has 3 aromatic rings. The third-order valence-corrected chi connectivity index (χ3v) is 3.98. The van der Waals surface area contributed by atoms with Crippen molar-refractivity contribution in [3.63, 3.8) is 0 Å². The first-order chi connectivity index (χ1) is 11.1. The van der Waals surface area contributed by atoms with E-state index in [0.29, 0.717) is 22.7 Å². The van der Waals surface area contributed by atoms with Crippen LogP contribution in [0.15, 0.2) is 48.7 Å². The van der Waals surface area contributed by atoms with Gasteiger partial charge in [-0.25, -0.2) is 4.79 Å². The zero-order valence-electron chi connectivity index (χ0n) is 12.5. The maximum atomic E-state index is 11.7. The molecule has 0 radical (unpaired) electrons. The Bertz CT molecular complexity index is 881. The minimum absolute atomic E-state index is 0.404. The van der Waals surface area contributed by atoms with Crippen LogP contribution in [0.5, 0.6) is 0 Å². The lowest BCUT2D eigenvalue weighted by molar-refractivity contribution is 0.0601. The number of carbonyl (C=O) groups excluding carboxylic acids is 2. The molecule has 0 aliphatic carbocycles. The van der Waals surface area contributed by atoms with E-state index in [0.717, 1.165) is 22.8 Å². The number of fused-ring (bicyclic) bond motifs is 1. The monoisotopic (exact) mass is 327 g/mol. The average molecular weight is 328 g/mol. The number of aromatic nitrogens is 1. The van der Waals surface area contributed by atoms with Crippen molar-refractivity contribution in [2.75, 3.05) is 7.11 Å². The van der Waals surface area contributed by atoms with Gasteiger partial charge in [-0.3, -0.25) is 4.79 Å². The normalized spacial score (nSPS) is 10.7. The highest BCUT2D eigenvalue weighted by Crippen LogP contribution is 2.23. The summed E-state index contributed by atoms with van der Waals surface area (Å²) in [5, 5.41) is 1.48. The summed E-state index contributed by atoms with van der Waals surface area (Å²) >= 11 is 5.90. The third kappa shape index (κ3) is 2.98. The summed E-state index contributed by atoms with van der Waals surface area (Å²) < 4.78 is 6.70. The fourth-order valence-corrected chi connectivity index (χ4v) is 2.70. The number of benzene rings is 2. The van der Waals surface area contributed by atoms with Crippen LogP contribution in [0.2, 0.25) is 5.02 Å². The van der Waals surface area contributed by atoms with Gasteiger partial charge in [0.2, 0.25) is 0 Å². The van der Waals surface area contributed by atoms with Gasteiger partial charge in [0.15, 0.2) is 6.29 Å². The molecule has 0 bridgehead atoms. The van der Waals surface area contributed by atoms with E-state index in [9.17, 15) is 9.59 Å². The topological polar surface area (TPSA) is 48.3 Å². The number of methoxy groups -OCH3 is 1. The molecule has 0 N–H and O–H groups in total. The average Bonchev–Trinajstić information content (AvgIpc) is 2.93. The highest BCUT2D eigenvalue weighted by atomic mass is 35.5. The number of hydrogen-bond donors (Lipinski definition) is 0. The highest BCUT2D eigenvalue weighted by Gasteiger charge is 2.12. The Morgan fingerprint density at radius 3 is 2.61 bits per heavy atom. The number of rotatable bonds is 4. The number of ether oxygens (including phenoxy) is 1. The van der Waals surface area contributed by atoms with E-state index in [1.807, 2.05) is 28.8 Å². The number of carbonyl (C=O) groups is 2. The van der Waals surface area contributed by atoms with Crippen molar-refractivity contribution in [3.8, 4) is 0 Å². The molecule has 1 heterocycles. The van der Waals surface area contributed by atoms with Gasteiger partial charge in [-0.1, -0.05) is 29.8 Å². The van der Waals surface area contributed by atoms with Crippen molar-refractivity contribution in [3.05, 3.63) is 70.4 Å². The Morgan fingerprint density at radius 1 is 1.22 bits per heavy atom. The lowest BCUT2D eigenvalue weighted by Crippen LogP contribution is -2.02.